The van der Waals surface area contributed by atoms with Crippen LogP contribution in [-0.2, 0) is 9.53 Å². The zero-order valence-electron chi connectivity index (χ0n) is 11.9. The monoisotopic (exact) mass is 272 g/mol. The van der Waals surface area contributed by atoms with Gasteiger partial charge in [0.05, 0.1) is 18.8 Å². The second-order valence-electron chi connectivity index (χ2n) is 5.14. The van der Waals surface area contributed by atoms with Gasteiger partial charge < -0.3 is 20.1 Å². The predicted octanol–water partition coefficient (Wildman–Crippen LogP) is 1.45. The van der Waals surface area contributed by atoms with E-state index in [1.807, 2.05) is 20.8 Å². The number of nitrogens with one attached hydrogen (secondary N) is 1. The lowest BCUT2D eigenvalue weighted by Crippen LogP contribution is -2.55. The van der Waals surface area contributed by atoms with E-state index in [1.54, 1.807) is 4.90 Å². The quantitative estimate of drug-likeness (QED) is 0.794. The number of nitrogens with zero attached hydrogens (tertiary/aromatic N) is 1. The van der Waals surface area contributed by atoms with E-state index >= 15 is 0 Å². The molecule has 3 unspecified atom stereocenters. The van der Waals surface area contributed by atoms with Gasteiger partial charge in [0.1, 0.15) is 0 Å². The molecule has 2 amide bonds. The van der Waals surface area contributed by atoms with Gasteiger partial charge in [0.15, 0.2) is 0 Å². The molecule has 0 radical (unpaired) electrons. The van der Waals surface area contributed by atoms with E-state index in [-0.39, 0.29) is 30.6 Å². The van der Waals surface area contributed by atoms with Crippen LogP contribution in [0.15, 0.2) is 0 Å². The lowest BCUT2D eigenvalue weighted by Gasteiger charge is -2.38. The van der Waals surface area contributed by atoms with Crippen molar-refractivity contribution in [1.82, 2.24) is 10.2 Å². The van der Waals surface area contributed by atoms with Crippen LogP contribution in [0.4, 0.5) is 4.79 Å². The van der Waals surface area contributed by atoms with Gasteiger partial charge in [0.25, 0.3) is 0 Å². The first-order valence-electron chi connectivity index (χ1n) is 6.84. The molecule has 0 aromatic rings. The number of urea groups is 1. The number of ether oxygens (including phenoxy) is 1. The van der Waals surface area contributed by atoms with Gasteiger partial charge in [0, 0.05) is 19.0 Å². The smallest absolute Gasteiger partial charge is 0.318 e. The Hall–Kier alpha value is -1.30. The molecule has 0 aliphatic carbocycles. The molecule has 1 fully saturated rings. The number of carboxylic acids is 1. The summed E-state index contributed by atoms with van der Waals surface area (Å²) in [5.41, 5.74) is 0. The van der Waals surface area contributed by atoms with Crippen molar-refractivity contribution in [3.63, 3.8) is 0 Å². The van der Waals surface area contributed by atoms with Crippen LogP contribution in [0.5, 0.6) is 0 Å². The molecule has 0 bridgehead atoms. The highest BCUT2D eigenvalue weighted by atomic mass is 16.5. The Bertz CT molecular complexity index is 322. The summed E-state index contributed by atoms with van der Waals surface area (Å²) >= 11 is 0. The van der Waals surface area contributed by atoms with Crippen LogP contribution >= 0.6 is 0 Å². The fraction of sp³-hybridized carbons (Fsp3) is 0.846. The molecule has 0 spiro atoms. The first-order chi connectivity index (χ1) is 8.93. The first-order valence-corrected chi connectivity index (χ1v) is 6.84. The largest absolute Gasteiger partial charge is 0.481 e. The second-order valence-corrected chi connectivity index (χ2v) is 5.14. The van der Waals surface area contributed by atoms with Crippen molar-refractivity contribution in [2.45, 2.75) is 58.2 Å². The van der Waals surface area contributed by atoms with Gasteiger partial charge >= 0.3 is 12.0 Å². The average Bonchev–Trinajstić information content (AvgIpc) is 2.36. The van der Waals surface area contributed by atoms with Crippen molar-refractivity contribution in [3.8, 4) is 0 Å². The van der Waals surface area contributed by atoms with Crippen LogP contribution in [-0.4, -0.2) is 53.3 Å². The molecule has 3 atom stereocenters. The van der Waals surface area contributed by atoms with Crippen LogP contribution in [0, 0.1) is 0 Å². The number of aliphatic carboxylic acids is 1. The summed E-state index contributed by atoms with van der Waals surface area (Å²) in [6.45, 7) is 6.94. The molecule has 2 N–H and O–H groups in total. The topological polar surface area (TPSA) is 78.9 Å². The van der Waals surface area contributed by atoms with Crippen LogP contribution in [0.2, 0.25) is 0 Å². The lowest BCUT2D eigenvalue weighted by atomic mass is 10.1. The SMILES string of the molecule is CCC1COC(C)CN1C(=O)NC(C)CCC(=O)O. The maximum Gasteiger partial charge on any atom is 0.318 e. The molecule has 1 heterocycles. The molecule has 1 aliphatic rings. The summed E-state index contributed by atoms with van der Waals surface area (Å²) in [4.78, 5) is 24.5. The molecule has 6 heteroatoms. The Labute approximate surface area is 114 Å². The maximum absolute atomic E-state index is 12.2. The van der Waals surface area contributed by atoms with Crippen molar-refractivity contribution in [2.75, 3.05) is 13.2 Å². The summed E-state index contributed by atoms with van der Waals surface area (Å²) in [6.07, 6.45) is 1.41. The van der Waals surface area contributed by atoms with Crippen LogP contribution in [0.25, 0.3) is 0 Å². The first kappa shape index (κ1) is 15.8. The standard InChI is InChI=1S/C13H24N2O4/c1-4-11-8-19-10(3)7-15(11)13(18)14-9(2)5-6-12(16)17/h9-11H,4-8H2,1-3H3,(H,14,18)(H,16,17). The minimum Gasteiger partial charge on any atom is -0.481 e. The zero-order valence-corrected chi connectivity index (χ0v) is 11.9. The molecule has 1 aliphatic heterocycles. The van der Waals surface area contributed by atoms with E-state index in [9.17, 15) is 9.59 Å². The van der Waals surface area contributed by atoms with Gasteiger partial charge in [-0.2, -0.15) is 0 Å². The highest BCUT2D eigenvalue weighted by Crippen LogP contribution is 2.14. The van der Waals surface area contributed by atoms with Crippen LogP contribution in [0.3, 0.4) is 0 Å². The van der Waals surface area contributed by atoms with Crippen molar-refractivity contribution in [2.24, 2.45) is 0 Å². The summed E-state index contributed by atoms with van der Waals surface area (Å²) in [7, 11) is 0. The molecule has 0 aromatic heterocycles. The Balaban J connectivity index is 2.47. The molecule has 19 heavy (non-hydrogen) atoms. The van der Waals surface area contributed by atoms with Gasteiger partial charge in [-0.15, -0.1) is 0 Å². The third-order valence-electron chi connectivity index (χ3n) is 3.36. The second kappa shape index (κ2) is 7.33. The highest BCUT2D eigenvalue weighted by Gasteiger charge is 2.29. The molecule has 1 saturated heterocycles. The van der Waals surface area contributed by atoms with E-state index in [0.717, 1.165) is 6.42 Å². The molecule has 0 saturated carbocycles. The predicted molar refractivity (Wildman–Crippen MR) is 71.1 cm³/mol. The number of hydrogen-bond acceptors (Lipinski definition) is 3. The summed E-state index contributed by atoms with van der Waals surface area (Å²) in [5, 5.41) is 11.5. The maximum atomic E-state index is 12.2. The van der Waals surface area contributed by atoms with Crippen molar-refractivity contribution in [1.29, 1.82) is 0 Å². The molecule has 6 nitrogen and oxygen atoms in total. The van der Waals surface area contributed by atoms with E-state index in [0.29, 0.717) is 19.6 Å². The van der Waals surface area contributed by atoms with Crippen molar-refractivity contribution in [3.05, 3.63) is 0 Å². The number of carbonyl (C=O) groups excluding carboxylic acids is 1. The minimum atomic E-state index is -0.840. The number of morpholine rings is 1. The fourth-order valence-electron chi connectivity index (χ4n) is 2.14. The Morgan fingerprint density at radius 1 is 1.53 bits per heavy atom. The van der Waals surface area contributed by atoms with E-state index < -0.39 is 5.97 Å². The third kappa shape index (κ3) is 5.06. The average molecular weight is 272 g/mol. The summed E-state index contributed by atoms with van der Waals surface area (Å²) in [6, 6.07) is -0.165. The lowest BCUT2D eigenvalue weighted by molar-refractivity contribution is -0.137. The van der Waals surface area contributed by atoms with E-state index in [2.05, 4.69) is 5.32 Å². The normalized spacial score (nSPS) is 24.9. The molecule has 1 rings (SSSR count). The summed E-state index contributed by atoms with van der Waals surface area (Å²) in [5.74, 6) is -0.840. The molecular formula is C13H24N2O4. The van der Waals surface area contributed by atoms with E-state index in [4.69, 9.17) is 9.84 Å². The third-order valence-corrected chi connectivity index (χ3v) is 3.36. The van der Waals surface area contributed by atoms with Gasteiger partial charge in [-0.25, -0.2) is 4.79 Å². The number of hydrogen-bond donors (Lipinski definition) is 2. The van der Waals surface area contributed by atoms with Crippen molar-refractivity contribution < 1.29 is 19.4 Å². The Kier molecular flexibility index (Phi) is 6.08. The van der Waals surface area contributed by atoms with Crippen molar-refractivity contribution >= 4 is 12.0 Å². The van der Waals surface area contributed by atoms with Gasteiger partial charge in [-0.05, 0) is 26.7 Å². The molecule has 0 aromatic carbocycles. The van der Waals surface area contributed by atoms with E-state index in [1.165, 1.54) is 0 Å². The van der Waals surface area contributed by atoms with Crippen LogP contribution in [0.1, 0.15) is 40.0 Å². The number of carboxylic acid groups (broad SMARTS) is 1. The van der Waals surface area contributed by atoms with Crippen LogP contribution < -0.4 is 5.32 Å². The Morgan fingerprint density at radius 2 is 2.21 bits per heavy atom. The molecule has 110 valence electrons. The minimum absolute atomic E-state index is 0.0443. The van der Waals surface area contributed by atoms with Gasteiger partial charge in [-0.1, -0.05) is 6.92 Å². The molecular weight excluding hydrogens is 248 g/mol. The highest BCUT2D eigenvalue weighted by molar-refractivity contribution is 5.75. The van der Waals surface area contributed by atoms with Gasteiger partial charge in [0.2, 0.25) is 0 Å². The Morgan fingerprint density at radius 3 is 2.79 bits per heavy atom. The van der Waals surface area contributed by atoms with Gasteiger partial charge in [-0.3, -0.25) is 4.79 Å². The summed E-state index contributed by atoms with van der Waals surface area (Å²) < 4.78 is 5.55. The number of carbonyl (C=O) groups is 2. The zero-order chi connectivity index (χ0) is 14.4. The number of rotatable bonds is 5. The fourth-order valence-corrected chi connectivity index (χ4v) is 2.14. The number of amides is 2.